The van der Waals surface area contributed by atoms with Crippen LogP contribution in [0.5, 0.6) is 5.75 Å². The molecule has 0 radical (unpaired) electrons. The smallest absolute Gasteiger partial charge is 0.270 e. The van der Waals surface area contributed by atoms with Crippen molar-refractivity contribution in [2.45, 2.75) is 65.1 Å². The maximum Gasteiger partial charge on any atom is 0.270 e. The molecular formula is C31H30FN5O4. The van der Waals surface area contributed by atoms with Gasteiger partial charge in [-0.3, -0.25) is 14.4 Å². The number of hydrogen-bond acceptors (Lipinski definition) is 6. The number of hydrogen-bond donors (Lipinski definition) is 2. The normalized spacial score (nSPS) is 16.7. The maximum atomic E-state index is 14.6. The third kappa shape index (κ3) is 4.83. The van der Waals surface area contributed by atoms with Gasteiger partial charge in [-0.25, -0.2) is 13.9 Å². The summed E-state index contributed by atoms with van der Waals surface area (Å²) in [6.45, 7) is 7.73. The van der Waals surface area contributed by atoms with Crippen LogP contribution in [0.15, 0.2) is 42.6 Å². The Bertz CT molecular complexity index is 1760. The highest BCUT2D eigenvalue weighted by atomic mass is 19.1. The first-order valence-corrected chi connectivity index (χ1v) is 13.6. The van der Waals surface area contributed by atoms with Gasteiger partial charge in [-0.15, -0.1) is 0 Å². The highest BCUT2D eigenvalue weighted by Gasteiger charge is 2.31. The summed E-state index contributed by atoms with van der Waals surface area (Å²) in [5.41, 5.74) is 4.96. The molecule has 0 fully saturated rings. The molecule has 6 rings (SSSR count). The molecule has 0 spiro atoms. The van der Waals surface area contributed by atoms with E-state index in [0.29, 0.717) is 12.0 Å². The zero-order chi connectivity index (χ0) is 29.1. The van der Waals surface area contributed by atoms with E-state index in [4.69, 9.17) is 4.74 Å². The third-order valence-corrected chi connectivity index (χ3v) is 7.85. The number of halogens is 1. The SMILES string of the molecule is CC(=O)c1ccc2c(c1C)CC[C@@H]2NC(=O)c1cc(C(=O)NCc2ccc3c(c2)CC(C)(C)O3)nc2c(F)cnn12. The fourth-order valence-electron chi connectivity index (χ4n) is 5.90. The molecule has 1 aliphatic carbocycles. The van der Waals surface area contributed by atoms with Gasteiger partial charge in [0, 0.05) is 24.6 Å². The lowest BCUT2D eigenvalue weighted by Crippen LogP contribution is -2.30. The Hall–Kier alpha value is -4.60. The van der Waals surface area contributed by atoms with E-state index >= 15 is 0 Å². The first-order valence-electron chi connectivity index (χ1n) is 13.6. The van der Waals surface area contributed by atoms with E-state index in [2.05, 4.69) is 20.7 Å². The minimum absolute atomic E-state index is 0.00221. The first kappa shape index (κ1) is 26.6. The Balaban J connectivity index is 1.23. The van der Waals surface area contributed by atoms with E-state index in [9.17, 15) is 18.8 Å². The lowest BCUT2D eigenvalue weighted by Gasteiger charge is -2.16. The van der Waals surface area contributed by atoms with Crippen LogP contribution in [0.4, 0.5) is 4.39 Å². The number of aromatic nitrogens is 3. The van der Waals surface area contributed by atoms with E-state index in [1.54, 1.807) is 6.07 Å². The zero-order valence-electron chi connectivity index (χ0n) is 23.3. The van der Waals surface area contributed by atoms with Crippen molar-refractivity contribution in [3.8, 4) is 5.75 Å². The molecule has 41 heavy (non-hydrogen) atoms. The van der Waals surface area contributed by atoms with Crippen LogP contribution in [-0.2, 0) is 19.4 Å². The fraction of sp³-hybridized carbons (Fsp3) is 0.323. The number of Topliss-reactive ketones (excluding diaryl/α,β-unsaturated/α-hetero) is 1. The number of carbonyl (C=O) groups is 3. The van der Waals surface area contributed by atoms with Crippen LogP contribution in [0.2, 0.25) is 0 Å². The maximum absolute atomic E-state index is 14.6. The van der Waals surface area contributed by atoms with Crippen molar-refractivity contribution in [3.05, 3.63) is 93.2 Å². The molecule has 1 aliphatic heterocycles. The molecular weight excluding hydrogens is 525 g/mol. The second-order valence-electron chi connectivity index (χ2n) is 11.3. The first-order chi connectivity index (χ1) is 19.5. The Kier molecular flexibility index (Phi) is 6.36. The van der Waals surface area contributed by atoms with Gasteiger partial charge in [-0.1, -0.05) is 24.3 Å². The molecule has 9 nitrogen and oxygen atoms in total. The predicted molar refractivity (Wildman–Crippen MR) is 149 cm³/mol. The van der Waals surface area contributed by atoms with E-state index in [0.717, 1.165) is 57.1 Å². The van der Waals surface area contributed by atoms with Crippen LogP contribution in [0.3, 0.4) is 0 Å². The van der Waals surface area contributed by atoms with Gasteiger partial charge in [0.1, 0.15) is 22.7 Å². The number of fused-ring (bicyclic) bond motifs is 3. The summed E-state index contributed by atoms with van der Waals surface area (Å²) in [6.07, 6.45) is 3.10. The Morgan fingerprint density at radius 3 is 2.73 bits per heavy atom. The van der Waals surface area contributed by atoms with E-state index in [1.165, 1.54) is 13.0 Å². The minimum Gasteiger partial charge on any atom is -0.487 e. The number of nitrogens with zero attached hydrogens (tertiary/aromatic N) is 3. The summed E-state index contributed by atoms with van der Waals surface area (Å²) in [5.74, 6) is -0.964. The highest BCUT2D eigenvalue weighted by molar-refractivity contribution is 5.99. The van der Waals surface area contributed by atoms with Crippen molar-refractivity contribution in [3.63, 3.8) is 0 Å². The number of amides is 2. The van der Waals surface area contributed by atoms with Crippen LogP contribution < -0.4 is 15.4 Å². The van der Waals surface area contributed by atoms with Gasteiger partial charge in [0.25, 0.3) is 11.8 Å². The number of ether oxygens (including phenoxy) is 1. The largest absolute Gasteiger partial charge is 0.487 e. The van der Waals surface area contributed by atoms with Crippen LogP contribution in [0, 0.1) is 12.7 Å². The molecule has 0 saturated heterocycles. The average Bonchev–Trinajstić information content (AvgIpc) is 3.60. The topological polar surface area (TPSA) is 115 Å². The monoisotopic (exact) mass is 555 g/mol. The molecule has 4 aromatic rings. The number of ketones is 1. The number of nitrogens with one attached hydrogen (secondary N) is 2. The number of carbonyl (C=O) groups excluding carboxylic acids is 3. The van der Waals surface area contributed by atoms with Crippen molar-refractivity contribution in [2.24, 2.45) is 0 Å². The molecule has 210 valence electrons. The molecule has 0 unspecified atom stereocenters. The Labute approximate surface area is 236 Å². The average molecular weight is 556 g/mol. The molecule has 0 bridgehead atoms. The molecule has 2 N–H and O–H groups in total. The molecule has 2 aromatic heterocycles. The van der Waals surface area contributed by atoms with Gasteiger partial charge in [0.2, 0.25) is 0 Å². The van der Waals surface area contributed by atoms with E-state index in [-0.39, 0.29) is 41.0 Å². The van der Waals surface area contributed by atoms with Crippen LogP contribution in [0.25, 0.3) is 5.65 Å². The van der Waals surface area contributed by atoms with Gasteiger partial charge >= 0.3 is 0 Å². The van der Waals surface area contributed by atoms with Gasteiger partial charge < -0.3 is 15.4 Å². The van der Waals surface area contributed by atoms with Crippen molar-refractivity contribution >= 4 is 23.2 Å². The van der Waals surface area contributed by atoms with Gasteiger partial charge in [0.15, 0.2) is 17.2 Å². The molecule has 3 heterocycles. The second kappa shape index (κ2) is 9.79. The third-order valence-electron chi connectivity index (χ3n) is 7.85. The van der Waals surface area contributed by atoms with Gasteiger partial charge in [0.05, 0.1) is 12.2 Å². The fourth-order valence-corrected chi connectivity index (χ4v) is 5.90. The summed E-state index contributed by atoms with van der Waals surface area (Å²) in [6, 6.07) is 10.5. The van der Waals surface area contributed by atoms with Gasteiger partial charge in [-0.05, 0) is 74.4 Å². The summed E-state index contributed by atoms with van der Waals surface area (Å²) in [5, 5.41) is 9.81. The molecule has 10 heteroatoms. The molecule has 0 saturated carbocycles. The van der Waals surface area contributed by atoms with E-state index in [1.807, 2.05) is 45.0 Å². The van der Waals surface area contributed by atoms with Crippen molar-refractivity contribution in [2.75, 3.05) is 0 Å². The summed E-state index contributed by atoms with van der Waals surface area (Å²) in [4.78, 5) is 42.7. The lowest BCUT2D eigenvalue weighted by atomic mass is 9.96. The predicted octanol–water partition coefficient (Wildman–Crippen LogP) is 4.44. The lowest BCUT2D eigenvalue weighted by molar-refractivity contribution is 0.0927. The molecule has 1 atom stereocenters. The minimum atomic E-state index is -0.742. The van der Waals surface area contributed by atoms with Crippen LogP contribution in [-0.4, -0.2) is 37.8 Å². The van der Waals surface area contributed by atoms with E-state index < -0.39 is 17.6 Å². The highest BCUT2D eigenvalue weighted by Crippen LogP contribution is 2.36. The van der Waals surface area contributed by atoms with Gasteiger partial charge in [-0.2, -0.15) is 5.10 Å². The second-order valence-corrected chi connectivity index (χ2v) is 11.3. The summed E-state index contributed by atoms with van der Waals surface area (Å²) >= 11 is 0. The van der Waals surface area contributed by atoms with Crippen molar-refractivity contribution in [1.82, 2.24) is 25.2 Å². The molecule has 2 aromatic carbocycles. The number of benzene rings is 2. The standard InChI is InChI=1S/C31H30FN5O4/c1-16-20(17(2)38)6-7-22-21(16)8-9-24(22)36-30(40)26-12-25(35-28-23(32)15-34-37(26)28)29(39)33-14-18-5-10-27-19(11-18)13-31(3,4)41-27/h5-7,10-12,15,24H,8-9,13-14H2,1-4H3,(H,33,39)(H,36,40)/t24-/m0/s1. The molecule has 2 amide bonds. The Morgan fingerprint density at radius 2 is 1.95 bits per heavy atom. The summed E-state index contributed by atoms with van der Waals surface area (Å²) < 4.78 is 21.6. The summed E-state index contributed by atoms with van der Waals surface area (Å²) in [7, 11) is 0. The number of rotatable bonds is 6. The quantitative estimate of drug-likeness (QED) is 0.340. The van der Waals surface area contributed by atoms with Crippen LogP contribution in [0.1, 0.15) is 92.4 Å². The van der Waals surface area contributed by atoms with Crippen molar-refractivity contribution < 1.29 is 23.5 Å². The van der Waals surface area contributed by atoms with Crippen LogP contribution >= 0.6 is 0 Å². The zero-order valence-corrected chi connectivity index (χ0v) is 23.3. The Morgan fingerprint density at radius 1 is 1.15 bits per heavy atom. The molecule has 2 aliphatic rings. The van der Waals surface area contributed by atoms with Crippen molar-refractivity contribution in [1.29, 1.82) is 0 Å².